The topological polar surface area (TPSA) is 42.0 Å². The van der Waals surface area contributed by atoms with Crippen molar-refractivity contribution in [3.63, 3.8) is 0 Å². The predicted octanol–water partition coefficient (Wildman–Crippen LogP) is 4.67. The maximum Gasteiger partial charge on any atom is 0.145 e. The highest BCUT2D eigenvalue weighted by Gasteiger charge is 2.55. The first kappa shape index (κ1) is 24.3. The Morgan fingerprint density at radius 1 is 1.15 bits per heavy atom. The van der Waals surface area contributed by atoms with Crippen molar-refractivity contribution in [2.45, 2.75) is 76.4 Å². The first-order chi connectivity index (χ1) is 16.5. The minimum Gasteiger partial charge on any atom is -0.381 e. The van der Waals surface area contributed by atoms with E-state index in [2.05, 4.69) is 42.0 Å². The molecule has 0 bridgehead atoms. The number of likely N-dealkylation sites (N-methyl/N-ethyl adjacent to an activating group) is 1. The van der Waals surface area contributed by atoms with Gasteiger partial charge >= 0.3 is 0 Å². The van der Waals surface area contributed by atoms with E-state index in [1.165, 1.54) is 57.1 Å². The van der Waals surface area contributed by atoms with Crippen molar-refractivity contribution < 1.29 is 14.3 Å². The lowest BCUT2D eigenvalue weighted by atomic mass is 9.55. The highest BCUT2D eigenvalue weighted by Crippen LogP contribution is 2.61. The average molecular weight is 469 g/mol. The Hall–Kier alpha value is -1.43. The number of anilines is 1. The van der Waals surface area contributed by atoms with Crippen molar-refractivity contribution in [3.05, 3.63) is 29.3 Å². The van der Waals surface area contributed by atoms with Crippen molar-refractivity contribution in [2.75, 3.05) is 51.9 Å². The van der Waals surface area contributed by atoms with Crippen molar-refractivity contribution in [2.24, 2.45) is 17.3 Å². The maximum atomic E-state index is 10.4. The lowest BCUT2D eigenvalue weighted by Gasteiger charge is -2.50. The molecule has 1 heterocycles. The molecular weight excluding hydrogens is 424 g/mol. The number of aryl methyl sites for hydroxylation is 1. The summed E-state index contributed by atoms with van der Waals surface area (Å²) in [6.45, 7) is 6.49. The number of carbonyl (C=O) groups is 1. The summed E-state index contributed by atoms with van der Waals surface area (Å²) in [5, 5.41) is 0. The van der Waals surface area contributed by atoms with Gasteiger partial charge in [0.15, 0.2) is 0 Å². The standard InChI is InChI=1S/C29H44N2O3/c1-29-13-10-25-24-7-5-23(20-21(24)4-6-26(25)27(29)8-9-28(29)33-3)31-14-11-22(12-15-31)30(2)16-18-34-19-17-32/h5,7,17,20,22,25-28H,4,6,8-16,18-19H2,1-3H3. The molecule has 3 aliphatic carbocycles. The fourth-order valence-corrected chi connectivity index (χ4v) is 8.19. The van der Waals surface area contributed by atoms with Crippen LogP contribution in [0, 0.1) is 17.3 Å². The fraction of sp³-hybridized carbons (Fsp3) is 0.759. The number of benzene rings is 1. The minimum atomic E-state index is 0.208. The monoisotopic (exact) mass is 468 g/mol. The number of piperidine rings is 1. The summed E-state index contributed by atoms with van der Waals surface area (Å²) < 4.78 is 11.3. The minimum absolute atomic E-state index is 0.208. The van der Waals surface area contributed by atoms with Crippen LogP contribution in [-0.2, 0) is 20.7 Å². The number of rotatable bonds is 8. The number of methoxy groups -OCH3 is 1. The van der Waals surface area contributed by atoms with Gasteiger partial charge in [0, 0.05) is 38.5 Å². The molecule has 5 unspecified atom stereocenters. The molecule has 1 saturated heterocycles. The van der Waals surface area contributed by atoms with E-state index in [-0.39, 0.29) is 6.61 Å². The van der Waals surface area contributed by atoms with Gasteiger partial charge in [-0.05, 0) is 105 Å². The highest BCUT2D eigenvalue weighted by atomic mass is 16.5. The molecule has 0 spiro atoms. The summed E-state index contributed by atoms with van der Waals surface area (Å²) in [4.78, 5) is 15.4. The van der Waals surface area contributed by atoms with Crippen molar-refractivity contribution in [1.29, 1.82) is 0 Å². The van der Waals surface area contributed by atoms with Crippen LogP contribution in [0.25, 0.3) is 0 Å². The molecule has 1 aliphatic heterocycles. The second kappa shape index (κ2) is 10.3. The Bertz CT molecular complexity index is 852. The predicted molar refractivity (Wildman–Crippen MR) is 137 cm³/mol. The smallest absolute Gasteiger partial charge is 0.145 e. The molecule has 1 aromatic carbocycles. The molecule has 188 valence electrons. The van der Waals surface area contributed by atoms with Crippen molar-refractivity contribution in [3.8, 4) is 0 Å². The van der Waals surface area contributed by atoms with Crippen LogP contribution >= 0.6 is 0 Å². The third-order valence-electron chi connectivity index (χ3n) is 10.1. The Morgan fingerprint density at radius 3 is 2.74 bits per heavy atom. The van der Waals surface area contributed by atoms with Gasteiger partial charge in [-0.25, -0.2) is 0 Å². The van der Waals surface area contributed by atoms with E-state index in [0.29, 0.717) is 24.2 Å². The van der Waals surface area contributed by atoms with Gasteiger partial charge in [0.05, 0.1) is 12.7 Å². The third-order valence-corrected chi connectivity index (χ3v) is 10.1. The first-order valence-electron chi connectivity index (χ1n) is 13.7. The zero-order valence-corrected chi connectivity index (χ0v) is 21.5. The Morgan fingerprint density at radius 2 is 1.97 bits per heavy atom. The van der Waals surface area contributed by atoms with E-state index in [9.17, 15) is 4.79 Å². The Balaban J connectivity index is 1.20. The molecule has 0 aromatic heterocycles. The molecule has 5 nitrogen and oxygen atoms in total. The molecule has 3 fully saturated rings. The number of ether oxygens (including phenoxy) is 2. The molecule has 5 heteroatoms. The van der Waals surface area contributed by atoms with Crippen molar-refractivity contribution >= 4 is 12.0 Å². The molecule has 2 saturated carbocycles. The summed E-state index contributed by atoms with van der Waals surface area (Å²) in [5.74, 6) is 2.44. The maximum absolute atomic E-state index is 10.4. The summed E-state index contributed by atoms with van der Waals surface area (Å²) in [5.41, 5.74) is 5.10. The lowest BCUT2D eigenvalue weighted by molar-refractivity contribution is -0.112. The number of hydrogen-bond acceptors (Lipinski definition) is 5. The van der Waals surface area contributed by atoms with Gasteiger partial charge in [0.2, 0.25) is 0 Å². The number of carbonyl (C=O) groups excluding carboxylic acids is 1. The summed E-state index contributed by atoms with van der Waals surface area (Å²) in [6.07, 6.45) is 11.5. The van der Waals surface area contributed by atoms with E-state index in [0.717, 1.165) is 43.7 Å². The zero-order chi connectivity index (χ0) is 23.7. The van der Waals surface area contributed by atoms with E-state index < -0.39 is 0 Å². The van der Waals surface area contributed by atoms with Gasteiger partial charge in [-0.1, -0.05) is 13.0 Å². The van der Waals surface area contributed by atoms with Crippen LogP contribution in [0.5, 0.6) is 0 Å². The lowest BCUT2D eigenvalue weighted by Crippen LogP contribution is -2.45. The van der Waals surface area contributed by atoms with E-state index >= 15 is 0 Å². The number of hydrogen-bond donors (Lipinski definition) is 0. The van der Waals surface area contributed by atoms with Crippen LogP contribution in [0.1, 0.15) is 68.9 Å². The van der Waals surface area contributed by atoms with Crippen LogP contribution < -0.4 is 4.90 Å². The van der Waals surface area contributed by atoms with Crippen LogP contribution in [0.4, 0.5) is 5.69 Å². The molecule has 1 aromatic rings. The number of aldehydes is 1. The average Bonchev–Trinajstić information content (AvgIpc) is 3.22. The van der Waals surface area contributed by atoms with Crippen LogP contribution in [0.3, 0.4) is 0 Å². The third kappa shape index (κ3) is 4.44. The summed E-state index contributed by atoms with van der Waals surface area (Å²) in [7, 11) is 4.11. The van der Waals surface area contributed by atoms with Gasteiger partial charge < -0.3 is 24.1 Å². The van der Waals surface area contributed by atoms with Gasteiger partial charge in [0.1, 0.15) is 12.9 Å². The van der Waals surface area contributed by atoms with E-state index in [1.807, 2.05) is 7.11 Å². The fourth-order valence-electron chi connectivity index (χ4n) is 8.19. The summed E-state index contributed by atoms with van der Waals surface area (Å²) in [6, 6.07) is 8.05. The van der Waals surface area contributed by atoms with Gasteiger partial charge in [-0.2, -0.15) is 0 Å². The number of fused-ring (bicyclic) bond motifs is 5. The first-order valence-corrected chi connectivity index (χ1v) is 13.7. The second-order valence-electron chi connectivity index (χ2n) is 11.6. The normalized spacial score (nSPS) is 33.5. The summed E-state index contributed by atoms with van der Waals surface area (Å²) >= 11 is 0. The van der Waals surface area contributed by atoms with E-state index in [1.54, 1.807) is 11.1 Å². The van der Waals surface area contributed by atoms with Crippen LogP contribution in [0.2, 0.25) is 0 Å². The zero-order valence-electron chi connectivity index (χ0n) is 21.5. The van der Waals surface area contributed by atoms with Gasteiger partial charge in [0.25, 0.3) is 0 Å². The quantitative estimate of drug-likeness (QED) is 0.410. The Labute approximate surface area is 206 Å². The largest absolute Gasteiger partial charge is 0.381 e. The molecule has 4 aliphatic rings. The van der Waals surface area contributed by atoms with Gasteiger partial charge in [-0.3, -0.25) is 0 Å². The van der Waals surface area contributed by atoms with Crippen molar-refractivity contribution in [1.82, 2.24) is 4.90 Å². The molecule has 5 atom stereocenters. The van der Waals surface area contributed by atoms with E-state index in [4.69, 9.17) is 9.47 Å². The van der Waals surface area contributed by atoms with Crippen LogP contribution in [-0.4, -0.2) is 70.3 Å². The SMILES string of the molecule is COC1CCC2C3CCc4cc(N5CCC(N(C)CCOCC=O)CC5)ccc4C3CCC12C. The second-order valence-corrected chi connectivity index (χ2v) is 11.6. The highest BCUT2D eigenvalue weighted by molar-refractivity contribution is 5.53. The molecule has 34 heavy (non-hydrogen) atoms. The molecule has 0 radical (unpaired) electrons. The molecular formula is C29H44N2O3. The van der Waals surface area contributed by atoms with Crippen LogP contribution in [0.15, 0.2) is 18.2 Å². The number of nitrogens with zero attached hydrogens (tertiary/aromatic N) is 2. The molecule has 0 amide bonds. The van der Waals surface area contributed by atoms with Gasteiger partial charge in [-0.15, -0.1) is 0 Å². The molecule has 0 N–H and O–H groups in total. The molecule has 5 rings (SSSR count). The Kier molecular flexibility index (Phi) is 7.34.